The summed E-state index contributed by atoms with van der Waals surface area (Å²) in [5, 5.41) is 12.7. The van der Waals surface area contributed by atoms with Crippen molar-refractivity contribution in [2.24, 2.45) is 0 Å². The number of halogens is 4. The molecule has 42 heavy (non-hydrogen) atoms. The number of nitrogens with zero attached hydrogens (tertiary/aromatic N) is 7. The van der Waals surface area contributed by atoms with Crippen molar-refractivity contribution < 1.29 is 37.1 Å². The van der Waals surface area contributed by atoms with Gasteiger partial charge in [0, 0.05) is 36.4 Å². The van der Waals surface area contributed by atoms with E-state index in [4.69, 9.17) is 0 Å². The van der Waals surface area contributed by atoms with E-state index in [2.05, 4.69) is 74.3 Å². The third kappa shape index (κ3) is 13.8. The van der Waals surface area contributed by atoms with Gasteiger partial charge in [-0.05, 0) is 85.2 Å². The minimum absolute atomic E-state index is 0. The maximum Gasteiger partial charge on any atom is 2.00 e. The van der Waals surface area contributed by atoms with E-state index >= 15 is 0 Å². The van der Waals surface area contributed by atoms with Crippen molar-refractivity contribution in [3.63, 3.8) is 0 Å². The summed E-state index contributed by atoms with van der Waals surface area (Å²) in [5.74, 6) is 0.529. The quantitative estimate of drug-likeness (QED) is 0.113. The first-order valence-corrected chi connectivity index (χ1v) is 15.2. The van der Waals surface area contributed by atoms with Gasteiger partial charge >= 0.3 is 27.0 Å². The number of rotatable bonds is 7. The van der Waals surface area contributed by atoms with Gasteiger partial charge in [-0.3, -0.25) is 4.98 Å². The van der Waals surface area contributed by atoms with Crippen molar-refractivity contribution in [1.82, 2.24) is 34.1 Å². The van der Waals surface area contributed by atoms with E-state index in [-0.39, 0.29) is 34.8 Å². The molecule has 15 heteroatoms. The van der Waals surface area contributed by atoms with Gasteiger partial charge in [0.25, 0.3) is 7.12 Å². The Morgan fingerprint density at radius 2 is 1.17 bits per heavy atom. The van der Waals surface area contributed by atoms with Crippen LogP contribution in [0, 0.1) is 6.42 Å². The van der Waals surface area contributed by atoms with Crippen molar-refractivity contribution >= 4 is 22.3 Å². The Kier molecular flexibility index (Phi) is 17.1. The minimum Gasteiger partial charge on any atom is -0.425 e. The smallest absolute Gasteiger partial charge is 0.425 e. The Morgan fingerprint density at radius 3 is 1.38 bits per heavy atom. The molecule has 0 aliphatic heterocycles. The molecule has 1 fully saturated rings. The van der Waals surface area contributed by atoms with E-state index in [0.29, 0.717) is 5.92 Å². The normalized spacial score (nSPS) is 13.0. The van der Waals surface area contributed by atoms with Crippen LogP contribution in [0.2, 0.25) is 0 Å². The van der Waals surface area contributed by atoms with Gasteiger partial charge in [-0.25, -0.2) is 15.3 Å². The average molecular weight is 780 g/mol. The van der Waals surface area contributed by atoms with Crippen molar-refractivity contribution in [2.45, 2.75) is 77.3 Å². The van der Waals surface area contributed by atoms with Crippen LogP contribution in [0.15, 0.2) is 79.8 Å². The van der Waals surface area contributed by atoms with E-state index in [1.807, 2.05) is 55.1 Å². The molecule has 0 spiro atoms. The predicted octanol–water partition coefficient (Wildman–Crippen LogP) is 7.24. The number of hydrogen-bond donors (Lipinski definition) is 0. The molecular weight excluding hydrogens is 741 g/mol. The van der Waals surface area contributed by atoms with Crippen LogP contribution in [0.1, 0.15) is 66.0 Å². The van der Waals surface area contributed by atoms with E-state index < -0.39 is 7.25 Å². The fourth-order valence-electron chi connectivity index (χ4n) is 4.53. The summed E-state index contributed by atoms with van der Waals surface area (Å²) in [6, 6.07) is 11.7. The molecular formula is C27H39B2F4N7OsP. The molecule has 4 heterocycles. The Hall–Kier alpha value is -2.30. The molecule has 0 N–H and O–H groups in total. The van der Waals surface area contributed by atoms with Gasteiger partial charge < -0.3 is 31.0 Å². The minimum atomic E-state index is -6.00. The van der Waals surface area contributed by atoms with Crippen molar-refractivity contribution in [2.75, 3.05) is 0 Å². The first kappa shape index (κ1) is 37.7. The Morgan fingerprint density at radius 1 is 0.762 bits per heavy atom. The molecule has 7 nitrogen and oxygen atoms in total. The largest absolute Gasteiger partial charge is 2.00 e. The molecule has 229 valence electrons. The van der Waals surface area contributed by atoms with Gasteiger partial charge in [-0.2, -0.15) is 0 Å². The Bertz CT molecular complexity index is 1070. The SMILES string of the molecule is CC(C)P(C(C)C)C(C)C.F[B-](F)(F)F.[C]1CCC1c1ccccn1.[Os+2].c1cnn([B-](n2cccn2)n2cccn2)c1. The second-order valence-electron chi connectivity index (χ2n) is 10.1. The van der Waals surface area contributed by atoms with E-state index in [1.165, 1.54) is 12.1 Å². The summed E-state index contributed by atoms with van der Waals surface area (Å²) in [7, 11) is -5.93. The second kappa shape index (κ2) is 19.1. The average Bonchev–Trinajstić information content (AvgIpc) is 3.63. The fraction of sp³-hybridized carbons (Fsp3) is 0.444. The topological polar surface area (TPSA) is 66.3 Å². The third-order valence-electron chi connectivity index (χ3n) is 5.94. The molecule has 0 saturated heterocycles. The zero-order valence-corrected chi connectivity index (χ0v) is 28.3. The van der Waals surface area contributed by atoms with Gasteiger partial charge in [-0.1, -0.05) is 55.5 Å². The summed E-state index contributed by atoms with van der Waals surface area (Å²) in [5.41, 5.74) is 3.87. The number of aromatic nitrogens is 7. The molecule has 4 aromatic rings. The summed E-state index contributed by atoms with van der Waals surface area (Å²) in [4.78, 5) is 4.24. The van der Waals surface area contributed by atoms with Crippen molar-refractivity contribution in [3.8, 4) is 0 Å². The molecule has 0 aromatic carbocycles. The van der Waals surface area contributed by atoms with E-state index in [1.54, 1.807) is 32.4 Å². The predicted molar refractivity (Wildman–Crippen MR) is 161 cm³/mol. The van der Waals surface area contributed by atoms with Gasteiger partial charge in [0.2, 0.25) is 0 Å². The fourth-order valence-corrected chi connectivity index (χ4v) is 8.11. The summed E-state index contributed by atoms with van der Waals surface area (Å²) < 4.78 is 44.4. The van der Waals surface area contributed by atoms with Crippen LogP contribution in [0.3, 0.4) is 0 Å². The molecule has 1 aliphatic rings. The Balaban J connectivity index is 0.000000299. The zero-order chi connectivity index (χ0) is 30.4. The third-order valence-corrected chi connectivity index (χ3v) is 9.52. The zero-order valence-electron chi connectivity index (χ0n) is 24.8. The summed E-state index contributed by atoms with van der Waals surface area (Å²) >= 11 is 0. The van der Waals surface area contributed by atoms with Gasteiger partial charge in [0.15, 0.2) is 0 Å². The maximum absolute atomic E-state index is 9.75. The van der Waals surface area contributed by atoms with Crippen molar-refractivity contribution in [1.29, 1.82) is 0 Å². The van der Waals surface area contributed by atoms with Gasteiger partial charge in [0.1, 0.15) is 0 Å². The van der Waals surface area contributed by atoms with Crippen LogP contribution in [-0.2, 0) is 19.8 Å². The molecule has 0 amide bonds. The van der Waals surface area contributed by atoms with Crippen molar-refractivity contribution in [3.05, 3.63) is 91.9 Å². The van der Waals surface area contributed by atoms with Gasteiger partial charge in [-0.15, -0.1) is 0 Å². The number of pyridine rings is 1. The van der Waals surface area contributed by atoms with E-state index in [0.717, 1.165) is 23.4 Å². The van der Waals surface area contributed by atoms with Crippen LogP contribution in [0.4, 0.5) is 17.3 Å². The standard InChI is InChI=1S/C9H9BN6.C9H9N.C9H21P.BF4.Os/c1-4-11-14(7-1)10(15-8-2-5-12-15)16-9-3-6-13-16;1-2-7-10-9(6-1)8-4-3-5-8;1-7(2)10(8(3)4)9(5)6;2-1(3,4)5;/h1-9H;1-2,6-8H,3-4H2;7-9H,1-6H3;;/q-1;;;-1;+2. The van der Waals surface area contributed by atoms with Crippen LogP contribution >= 0.6 is 7.92 Å². The summed E-state index contributed by atoms with van der Waals surface area (Å²) in [6.45, 7) is 14.1. The maximum atomic E-state index is 9.75. The first-order valence-electron chi connectivity index (χ1n) is 13.6. The Labute approximate surface area is 261 Å². The molecule has 5 rings (SSSR count). The second-order valence-corrected chi connectivity index (χ2v) is 14.1. The van der Waals surface area contributed by atoms with Gasteiger partial charge in [0.05, 0.1) is 0 Å². The molecule has 1 aliphatic carbocycles. The molecule has 1 unspecified atom stereocenters. The van der Waals surface area contributed by atoms with Crippen LogP contribution in [0.5, 0.6) is 0 Å². The monoisotopic (exact) mass is 782 g/mol. The van der Waals surface area contributed by atoms with E-state index in [9.17, 15) is 17.3 Å². The number of hydrogen-bond acceptors (Lipinski definition) is 4. The molecule has 3 radical (unpaired) electrons. The molecule has 0 bridgehead atoms. The summed E-state index contributed by atoms with van der Waals surface area (Å²) in [6.07, 6.45) is 18.4. The van der Waals surface area contributed by atoms with Crippen LogP contribution in [-0.4, -0.2) is 65.4 Å². The molecule has 4 aromatic heterocycles. The molecule has 1 atom stereocenters. The first-order chi connectivity index (χ1) is 19.4. The molecule has 1 saturated carbocycles. The van der Waals surface area contributed by atoms with Crippen LogP contribution < -0.4 is 0 Å². The van der Waals surface area contributed by atoms with Crippen LogP contribution in [0.25, 0.3) is 0 Å².